The zero-order chi connectivity index (χ0) is 16.2. The number of rotatable bonds is 4. The minimum Gasteiger partial charge on any atom is -0.481 e. The monoisotopic (exact) mass is 331 g/mol. The number of nitrogens with zero attached hydrogens (tertiary/aromatic N) is 2. The van der Waals surface area contributed by atoms with Crippen molar-refractivity contribution in [2.45, 2.75) is 12.8 Å². The number of carbonyl (C=O) groups excluding carboxylic acids is 1. The van der Waals surface area contributed by atoms with Crippen LogP contribution >= 0.6 is 11.3 Å². The minimum absolute atomic E-state index is 0.253. The van der Waals surface area contributed by atoms with Crippen LogP contribution in [0.2, 0.25) is 0 Å². The van der Waals surface area contributed by atoms with E-state index in [0.29, 0.717) is 18.1 Å². The maximum absolute atomic E-state index is 12.1. The number of carbonyl (C=O) groups is 2. The van der Waals surface area contributed by atoms with Gasteiger partial charge in [-0.15, -0.1) is 11.3 Å². The van der Waals surface area contributed by atoms with Gasteiger partial charge in [0.2, 0.25) is 0 Å². The Kier molecular flexibility index (Phi) is 4.57. The molecule has 0 spiro atoms. The highest BCUT2D eigenvalue weighted by atomic mass is 32.1. The number of thiazole rings is 1. The summed E-state index contributed by atoms with van der Waals surface area (Å²) >= 11 is 1.44. The second-order valence-electron chi connectivity index (χ2n) is 5.49. The normalized spacial score (nSPS) is 17.2. The zero-order valence-electron chi connectivity index (χ0n) is 12.4. The van der Waals surface area contributed by atoms with E-state index in [9.17, 15) is 9.59 Å². The first-order valence-corrected chi connectivity index (χ1v) is 8.21. The number of aliphatic carboxylic acids is 1. The van der Waals surface area contributed by atoms with Crippen LogP contribution in [0.15, 0.2) is 36.5 Å². The highest BCUT2D eigenvalue weighted by Crippen LogP contribution is 2.23. The number of aromatic nitrogens is 1. The number of benzene rings is 1. The summed E-state index contributed by atoms with van der Waals surface area (Å²) < 4.78 is 0. The Morgan fingerprint density at radius 3 is 2.83 bits per heavy atom. The average Bonchev–Trinajstić information content (AvgIpc) is 3.18. The van der Waals surface area contributed by atoms with Crippen LogP contribution in [-0.4, -0.2) is 40.1 Å². The van der Waals surface area contributed by atoms with Crippen LogP contribution in [0.4, 0.5) is 9.93 Å². The van der Waals surface area contributed by atoms with Gasteiger partial charge >= 0.3 is 12.0 Å². The lowest BCUT2D eigenvalue weighted by Gasteiger charge is -2.15. The first-order valence-electron chi connectivity index (χ1n) is 7.39. The molecule has 1 unspecified atom stereocenters. The van der Waals surface area contributed by atoms with Crippen molar-refractivity contribution in [1.82, 2.24) is 9.88 Å². The number of hydrogen-bond acceptors (Lipinski definition) is 4. The molecule has 1 aliphatic rings. The third kappa shape index (κ3) is 3.87. The molecule has 1 atom stereocenters. The molecule has 0 aliphatic carbocycles. The average molecular weight is 331 g/mol. The third-order valence-corrected chi connectivity index (χ3v) is 4.73. The quantitative estimate of drug-likeness (QED) is 0.902. The molecule has 2 aromatic rings. The van der Waals surface area contributed by atoms with Gasteiger partial charge in [0.1, 0.15) is 0 Å². The van der Waals surface area contributed by atoms with Crippen molar-refractivity contribution in [3.63, 3.8) is 0 Å². The largest absolute Gasteiger partial charge is 0.481 e. The van der Waals surface area contributed by atoms with Gasteiger partial charge in [-0.1, -0.05) is 30.3 Å². The highest BCUT2D eigenvalue weighted by Gasteiger charge is 2.31. The molecule has 1 saturated heterocycles. The summed E-state index contributed by atoms with van der Waals surface area (Å²) in [5.74, 6) is -1.31. The smallest absolute Gasteiger partial charge is 0.323 e. The van der Waals surface area contributed by atoms with E-state index < -0.39 is 11.9 Å². The molecule has 1 aliphatic heterocycles. The molecule has 0 radical (unpaired) electrons. The van der Waals surface area contributed by atoms with Crippen molar-refractivity contribution >= 4 is 28.5 Å². The highest BCUT2D eigenvalue weighted by molar-refractivity contribution is 7.15. The van der Waals surface area contributed by atoms with Crippen LogP contribution in [-0.2, 0) is 11.2 Å². The Labute approximate surface area is 137 Å². The molecule has 120 valence electrons. The van der Waals surface area contributed by atoms with Crippen molar-refractivity contribution in [3.05, 3.63) is 47.0 Å². The number of hydrogen-bond donors (Lipinski definition) is 2. The Bertz CT molecular complexity index is 702. The molecule has 3 rings (SSSR count). The number of amides is 2. The summed E-state index contributed by atoms with van der Waals surface area (Å²) in [7, 11) is 0. The SMILES string of the molecule is O=C(O)C1CCN(C(=O)Nc2ncc(Cc3ccccc3)s2)C1. The topological polar surface area (TPSA) is 82.5 Å². The molecule has 0 bridgehead atoms. The Morgan fingerprint density at radius 2 is 2.13 bits per heavy atom. The Balaban J connectivity index is 1.57. The fourth-order valence-electron chi connectivity index (χ4n) is 2.56. The molecule has 2 heterocycles. The third-order valence-electron chi connectivity index (χ3n) is 3.81. The van der Waals surface area contributed by atoms with Crippen molar-refractivity contribution in [2.24, 2.45) is 5.92 Å². The molecule has 2 N–H and O–H groups in total. The summed E-state index contributed by atoms with van der Waals surface area (Å²) in [6.07, 6.45) is 3.04. The van der Waals surface area contributed by atoms with Crippen molar-refractivity contribution in [1.29, 1.82) is 0 Å². The molecule has 23 heavy (non-hydrogen) atoms. The van der Waals surface area contributed by atoms with Gasteiger partial charge < -0.3 is 10.0 Å². The van der Waals surface area contributed by atoms with Crippen molar-refractivity contribution in [2.75, 3.05) is 18.4 Å². The Hall–Kier alpha value is -2.41. The summed E-state index contributed by atoms with van der Waals surface area (Å²) in [6, 6.07) is 9.77. The molecule has 6 nitrogen and oxygen atoms in total. The lowest BCUT2D eigenvalue weighted by molar-refractivity contribution is -0.141. The van der Waals surface area contributed by atoms with E-state index in [1.54, 1.807) is 6.20 Å². The van der Waals surface area contributed by atoms with E-state index >= 15 is 0 Å². The van der Waals surface area contributed by atoms with Crippen LogP contribution in [0.3, 0.4) is 0 Å². The predicted molar refractivity (Wildman–Crippen MR) is 87.7 cm³/mol. The molecule has 1 aromatic carbocycles. The number of urea groups is 1. The van der Waals surface area contributed by atoms with Gasteiger partial charge in [0.15, 0.2) is 5.13 Å². The molecule has 1 aromatic heterocycles. The van der Waals surface area contributed by atoms with Crippen LogP contribution in [0.25, 0.3) is 0 Å². The molecular weight excluding hydrogens is 314 g/mol. The van der Waals surface area contributed by atoms with Gasteiger partial charge in [0.05, 0.1) is 5.92 Å². The predicted octanol–water partition coefficient (Wildman–Crippen LogP) is 2.67. The molecular formula is C16H17N3O3S. The van der Waals surface area contributed by atoms with E-state index in [2.05, 4.69) is 10.3 Å². The molecule has 1 fully saturated rings. The van der Waals surface area contributed by atoms with Gasteiger partial charge in [0, 0.05) is 30.6 Å². The summed E-state index contributed by atoms with van der Waals surface area (Å²) in [6.45, 7) is 0.717. The van der Waals surface area contributed by atoms with E-state index in [0.717, 1.165) is 11.3 Å². The van der Waals surface area contributed by atoms with E-state index in [1.165, 1.54) is 21.8 Å². The number of anilines is 1. The standard InChI is InChI=1S/C16H17N3O3S/c20-14(21)12-6-7-19(10-12)16(22)18-15-17-9-13(23-15)8-11-4-2-1-3-5-11/h1-5,9,12H,6-8,10H2,(H,20,21)(H,17,18,22). The van der Waals surface area contributed by atoms with Crippen LogP contribution < -0.4 is 5.32 Å². The van der Waals surface area contributed by atoms with Gasteiger partial charge in [0.25, 0.3) is 0 Å². The zero-order valence-corrected chi connectivity index (χ0v) is 13.3. The van der Waals surface area contributed by atoms with Crippen molar-refractivity contribution < 1.29 is 14.7 Å². The summed E-state index contributed by atoms with van der Waals surface area (Å²) in [4.78, 5) is 29.9. The molecule has 0 saturated carbocycles. The first-order chi connectivity index (χ1) is 11.1. The van der Waals surface area contributed by atoms with Gasteiger partial charge in [-0.3, -0.25) is 10.1 Å². The maximum atomic E-state index is 12.1. The second kappa shape index (κ2) is 6.78. The van der Waals surface area contributed by atoms with Crippen LogP contribution in [0.5, 0.6) is 0 Å². The van der Waals surface area contributed by atoms with Gasteiger partial charge in [-0.25, -0.2) is 9.78 Å². The lowest BCUT2D eigenvalue weighted by atomic mass is 10.1. The summed E-state index contributed by atoms with van der Waals surface area (Å²) in [5, 5.41) is 12.3. The second-order valence-corrected chi connectivity index (χ2v) is 6.61. The fourth-order valence-corrected chi connectivity index (χ4v) is 3.40. The molecule has 7 heteroatoms. The van der Waals surface area contributed by atoms with Crippen molar-refractivity contribution in [3.8, 4) is 0 Å². The number of carboxylic acids is 1. The first kappa shape index (κ1) is 15.5. The van der Waals surface area contributed by atoms with Crippen LogP contribution in [0.1, 0.15) is 16.9 Å². The van der Waals surface area contributed by atoms with Gasteiger partial charge in [-0.2, -0.15) is 0 Å². The van der Waals surface area contributed by atoms with E-state index in [4.69, 9.17) is 5.11 Å². The van der Waals surface area contributed by atoms with Crippen LogP contribution in [0, 0.1) is 5.92 Å². The minimum atomic E-state index is -0.848. The fraction of sp³-hybridized carbons (Fsp3) is 0.312. The number of carboxylic acid groups (broad SMARTS) is 1. The summed E-state index contributed by atoms with van der Waals surface area (Å²) in [5.41, 5.74) is 1.19. The van der Waals surface area contributed by atoms with Gasteiger partial charge in [-0.05, 0) is 12.0 Å². The lowest BCUT2D eigenvalue weighted by Crippen LogP contribution is -2.33. The van der Waals surface area contributed by atoms with E-state index in [1.807, 2.05) is 30.3 Å². The Morgan fingerprint density at radius 1 is 1.35 bits per heavy atom. The molecule has 2 amide bonds. The van der Waals surface area contributed by atoms with E-state index in [-0.39, 0.29) is 12.6 Å². The number of nitrogens with one attached hydrogen (secondary N) is 1. The number of likely N-dealkylation sites (tertiary alicyclic amines) is 1. The maximum Gasteiger partial charge on any atom is 0.323 e.